The van der Waals surface area contributed by atoms with Crippen molar-refractivity contribution in [3.63, 3.8) is 0 Å². The van der Waals surface area contributed by atoms with Crippen LogP contribution in [0.15, 0.2) is 12.1 Å². The number of ether oxygens (including phenoxy) is 2. The van der Waals surface area contributed by atoms with Crippen molar-refractivity contribution in [1.82, 2.24) is 4.90 Å². The number of anilines is 1. The average Bonchev–Trinajstić information content (AvgIpc) is 2.87. The first kappa shape index (κ1) is 13.0. The van der Waals surface area contributed by atoms with E-state index in [0.29, 0.717) is 17.2 Å². The van der Waals surface area contributed by atoms with Gasteiger partial charge in [0.2, 0.25) is 6.79 Å². The summed E-state index contributed by atoms with van der Waals surface area (Å²) in [7, 11) is 2.08. The van der Waals surface area contributed by atoms with Gasteiger partial charge in [-0.2, -0.15) is 0 Å². The highest BCUT2D eigenvalue weighted by Crippen LogP contribution is 2.41. The van der Waals surface area contributed by atoms with Gasteiger partial charge in [-0.3, -0.25) is 10.1 Å². The molecule has 0 amide bonds. The van der Waals surface area contributed by atoms with E-state index in [1.165, 1.54) is 6.07 Å². The summed E-state index contributed by atoms with van der Waals surface area (Å²) in [5.74, 6) is 0.997. The van der Waals surface area contributed by atoms with Gasteiger partial charge >= 0.3 is 0 Å². The van der Waals surface area contributed by atoms with Gasteiger partial charge in [0.05, 0.1) is 11.0 Å². The molecule has 1 fully saturated rings. The smallest absolute Gasteiger partial charge is 0.296 e. The molecule has 2 heterocycles. The standard InChI is InChI=1S/C13H17N3O4/c1-15-4-2-9(3-5-15)14-10-6-12-13(20-8-19-12)7-11(10)16(17)18/h6-7,9,14H,2-5,8H2,1H3. The number of likely N-dealkylation sites (tertiary alicyclic amines) is 1. The quantitative estimate of drug-likeness (QED) is 0.672. The summed E-state index contributed by atoms with van der Waals surface area (Å²) in [6.45, 7) is 2.11. The van der Waals surface area contributed by atoms with Gasteiger partial charge in [-0.25, -0.2) is 0 Å². The molecule has 2 aliphatic heterocycles. The van der Waals surface area contributed by atoms with Crippen molar-refractivity contribution in [1.29, 1.82) is 0 Å². The SMILES string of the molecule is CN1CCC(Nc2cc3c(cc2[N+](=O)[O-])OCO3)CC1. The van der Waals surface area contributed by atoms with E-state index in [4.69, 9.17) is 9.47 Å². The lowest BCUT2D eigenvalue weighted by Gasteiger charge is -2.30. The lowest BCUT2D eigenvalue weighted by molar-refractivity contribution is -0.384. The number of nitro groups is 1. The first-order chi connectivity index (χ1) is 9.63. The van der Waals surface area contributed by atoms with Crippen LogP contribution in [0.1, 0.15) is 12.8 Å². The van der Waals surface area contributed by atoms with Crippen molar-refractivity contribution < 1.29 is 14.4 Å². The zero-order chi connectivity index (χ0) is 14.1. The van der Waals surface area contributed by atoms with Crippen molar-refractivity contribution in [3.8, 4) is 11.5 Å². The Balaban J connectivity index is 1.82. The van der Waals surface area contributed by atoms with Crippen molar-refractivity contribution >= 4 is 11.4 Å². The molecule has 0 saturated carbocycles. The predicted octanol–water partition coefficient (Wildman–Crippen LogP) is 1.83. The van der Waals surface area contributed by atoms with Gasteiger partial charge in [-0.15, -0.1) is 0 Å². The summed E-state index contributed by atoms with van der Waals surface area (Å²) in [6.07, 6.45) is 1.95. The summed E-state index contributed by atoms with van der Waals surface area (Å²) >= 11 is 0. The molecule has 0 aromatic heterocycles. The van der Waals surface area contributed by atoms with Gasteiger partial charge in [0.25, 0.3) is 5.69 Å². The Bertz CT molecular complexity index is 527. The van der Waals surface area contributed by atoms with Crippen LogP contribution < -0.4 is 14.8 Å². The largest absolute Gasteiger partial charge is 0.454 e. The Kier molecular flexibility index (Phi) is 3.35. The lowest BCUT2D eigenvalue weighted by Crippen LogP contribution is -2.36. The highest BCUT2D eigenvalue weighted by Gasteiger charge is 2.25. The number of hydrogen-bond acceptors (Lipinski definition) is 6. The van der Waals surface area contributed by atoms with Gasteiger partial charge in [-0.05, 0) is 33.0 Å². The van der Waals surface area contributed by atoms with E-state index in [0.717, 1.165) is 25.9 Å². The van der Waals surface area contributed by atoms with Crippen LogP contribution in [-0.4, -0.2) is 42.8 Å². The number of nitrogens with one attached hydrogen (secondary N) is 1. The van der Waals surface area contributed by atoms with Crippen molar-refractivity contribution in [2.75, 3.05) is 32.2 Å². The average molecular weight is 279 g/mol. The highest BCUT2D eigenvalue weighted by atomic mass is 16.7. The van der Waals surface area contributed by atoms with Gasteiger partial charge < -0.3 is 19.7 Å². The van der Waals surface area contributed by atoms with E-state index >= 15 is 0 Å². The fourth-order valence-electron chi connectivity index (χ4n) is 2.57. The van der Waals surface area contributed by atoms with Gasteiger partial charge in [-0.1, -0.05) is 0 Å². The maximum Gasteiger partial charge on any atom is 0.296 e. The normalized spacial score (nSPS) is 19.1. The zero-order valence-corrected chi connectivity index (χ0v) is 11.3. The summed E-state index contributed by atoms with van der Waals surface area (Å²) in [6, 6.07) is 3.35. The number of hydrogen-bond donors (Lipinski definition) is 1. The maximum absolute atomic E-state index is 11.2. The maximum atomic E-state index is 11.2. The summed E-state index contributed by atoms with van der Waals surface area (Å²) in [5, 5.41) is 14.5. The van der Waals surface area contributed by atoms with Crippen LogP contribution in [0.4, 0.5) is 11.4 Å². The van der Waals surface area contributed by atoms with Crippen LogP contribution in [0.25, 0.3) is 0 Å². The Morgan fingerprint density at radius 3 is 2.60 bits per heavy atom. The number of nitro benzene ring substituents is 1. The van der Waals surface area contributed by atoms with E-state index in [9.17, 15) is 10.1 Å². The molecule has 3 rings (SSSR count). The molecule has 1 N–H and O–H groups in total. The minimum absolute atomic E-state index is 0.0354. The zero-order valence-electron chi connectivity index (χ0n) is 11.3. The van der Waals surface area contributed by atoms with E-state index in [-0.39, 0.29) is 23.4 Å². The third kappa shape index (κ3) is 2.49. The highest BCUT2D eigenvalue weighted by molar-refractivity contribution is 5.69. The molecule has 0 spiro atoms. The summed E-state index contributed by atoms with van der Waals surface area (Å²) in [4.78, 5) is 13.0. The molecule has 2 aliphatic rings. The lowest BCUT2D eigenvalue weighted by atomic mass is 10.0. The minimum atomic E-state index is -0.390. The van der Waals surface area contributed by atoms with Crippen LogP contribution in [0, 0.1) is 10.1 Å². The molecule has 0 aliphatic carbocycles. The third-order valence-corrected chi connectivity index (χ3v) is 3.77. The Morgan fingerprint density at radius 2 is 1.95 bits per heavy atom. The van der Waals surface area contributed by atoms with Crippen molar-refractivity contribution in [2.24, 2.45) is 0 Å². The molecule has 7 nitrogen and oxygen atoms in total. The first-order valence-corrected chi connectivity index (χ1v) is 6.66. The van der Waals surface area contributed by atoms with Crippen LogP contribution in [-0.2, 0) is 0 Å². The second-order valence-electron chi connectivity index (χ2n) is 5.20. The van der Waals surface area contributed by atoms with E-state index in [1.807, 2.05) is 0 Å². The number of piperidine rings is 1. The molecule has 7 heteroatoms. The Labute approximate surface area is 116 Å². The number of benzene rings is 1. The second kappa shape index (κ2) is 5.16. The summed E-state index contributed by atoms with van der Waals surface area (Å²) < 4.78 is 10.5. The molecule has 0 atom stereocenters. The number of rotatable bonds is 3. The molecule has 0 radical (unpaired) electrons. The third-order valence-electron chi connectivity index (χ3n) is 3.77. The van der Waals surface area contributed by atoms with Gasteiger partial charge in [0.1, 0.15) is 5.69 Å². The molecule has 1 saturated heterocycles. The van der Waals surface area contributed by atoms with Crippen LogP contribution in [0.2, 0.25) is 0 Å². The van der Waals surface area contributed by atoms with Gasteiger partial charge in [0.15, 0.2) is 11.5 Å². The monoisotopic (exact) mass is 279 g/mol. The summed E-state index contributed by atoms with van der Waals surface area (Å²) in [5.41, 5.74) is 0.544. The molecule has 1 aromatic rings. The minimum Gasteiger partial charge on any atom is -0.454 e. The Hall–Kier alpha value is -2.02. The van der Waals surface area contributed by atoms with E-state index in [2.05, 4.69) is 17.3 Å². The number of fused-ring (bicyclic) bond motifs is 1. The molecule has 0 bridgehead atoms. The van der Waals surface area contributed by atoms with Crippen molar-refractivity contribution in [2.45, 2.75) is 18.9 Å². The fourth-order valence-corrected chi connectivity index (χ4v) is 2.57. The first-order valence-electron chi connectivity index (χ1n) is 6.66. The van der Waals surface area contributed by atoms with Crippen LogP contribution in [0.3, 0.4) is 0 Å². The Morgan fingerprint density at radius 1 is 1.30 bits per heavy atom. The second-order valence-corrected chi connectivity index (χ2v) is 5.20. The fraction of sp³-hybridized carbons (Fsp3) is 0.538. The molecule has 20 heavy (non-hydrogen) atoms. The molecular formula is C13H17N3O4. The van der Waals surface area contributed by atoms with Crippen LogP contribution in [0.5, 0.6) is 11.5 Å². The van der Waals surface area contributed by atoms with Crippen LogP contribution >= 0.6 is 0 Å². The number of nitrogens with zero attached hydrogens (tertiary/aromatic N) is 2. The van der Waals surface area contributed by atoms with E-state index in [1.54, 1.807) is 6.07 Å². The molecule has 1 aromatic carbocycles. The molecular weight excluding hydrogens is 262 g/mol. The molecule has 108 valence electrons. The van der Waals surface area contributed by atoms with Gasteiger partial charge in [0, 0.05) is 12.1 Å². The van der Waals surface area contributed by atoms with E-state index < -0.39 is 0 Å². The topological polar surface area (TPSA) is 76.9 Å². The molecule has 0 unspecified atom stereocenters. The predicted molar refractivity (Wildman–Crippen MR) is 73.4 cm³/mol. The van der Waals surface area contributed by atoms with Crippen molar-refractivity contribution in [3.05, 3.63) is 22.2 Å².